The molecule has 2 atom stereocenters. The van der Waals surface area contributed by atoms with Gasteiger partial charge in [0.05, 0.1) is 40.3 Å². The SMILES string of the molecule is CC1(C)CC(=O)c2c(CC3CC3)nn(-c3ccc(C(N)=O)c(N[C@H]4CCCC[C@@H]4O)c3F)c2C1. The van der Waals surface area contributed by atoms with Gasteiger partial charge in [0.15, 0.2) is 11.6 Å². The van der Waals surface area contributed by atoms with Crippen LogP contribution in [0.2, 0.25) is 0 Å². The number of carbonyl (C=O) groups is 2. The normalized spacial score (nSPS) is 24.1. The zero-order chi connectivity index (χ0) is 24.2. The Morgan fingerprint density at radius 1 is 1.24 bits per heavy atom. The predicted octanol–water partition coefficient (Wildman–Crippen LogP) is 3.93. The first kappa shape index (κ1) is 23.0. The highest BCUT2D eigenvalue weighted by molar-refractivity contribution is 6.00. The highest BCUT2D eigenvalue weighted by Crippen LogP contribution is 2.41. The van der Waals surface area contributed by atoms with Crippen LogP contribution in [0.4, 0.5) is 10.1 Å². The van der Waals surface area contributed by atoms with Gasteiger partial charge in [0.1, 0.15) is 5.69 Å². The first-order chi connectivity index (χ1) is 16.1. The van der Waals surface area contributed by atoms with E-state index in [0.717, 1.165) is 43.5 Å². The van der Waals surface area contributed by atoms with Crippen molar-refractivity contribution in [3.05, 3.63) is 40.5 Å². The lowest BCUT2D eigenvalue weighted by Gasteiger charge is -2.31. The third-order valence-corrected chi connectivity index (χ3v) is 7.47. The number of anilines is 1. The molecule has 1 amide bonds. The number of halogens is 1. The molecule has 0 unspecified atom stereocenters. The standard InChI is InChI=1S/C26H33FN4O3/c1-26(2)12-19-22(21(33)13-26)17(11-14-7-8-14)30-31(19)18-10-9-15(25(28)34)24(23(18)27)29-16-5-3-4-6-20(16)32/h9-10,14,16,20,29,32H,3-8,11-13H2,1-2H3,(H2,28,34)/t16-,20-/m0/s1. The van der Waals surface area contributed by atoms with Gasteiger partial charge in [0, 0.05) is 6.42 Å². The van der Waals surface area contributed by atoms with E-state index in [-0.39, 0.29) is 34.2 Å². The minimum atomic E-state index is -0.744. The van der Waals surface area contributed by atoms with Crippen molar-refractivity contribution in [1.82, 2.24) is 9.78 Å². The molecule has 0 bridgehead atoms. The summed E-state index contributed by atoms with van der Waals surface area (Å²) < 4.78 is 17.7. The summed E-state index contributed by atoms with van der Waals surface area (Å²) in [4.78, 5) is 25.2. The van der Waals surface area contributed by atoms with Crippen LogP contribution >= 0.6 is 0 Å². The third kappa shape index (κ3) is 4.24. The molecular weight excluding hydrogens is 435 g/mol. The minimum Gasteiger partial charge on any atom is -0.391 e. The molecule has 0 radical (unpaired) electrons. The van der Waals surface area contributed by atoms with Crippen molar-refractivity contribution in [1.29, 1.82) is 0 Å². The highest BCUT2D eigenvalue weighted by Gasteiger charge is 2.38. The Kier molecular flexibility index (Phi) is 5.74. The Hall–Kier alpha value is -2.74. The number of aliphatic hydroxyl groups is 1. The highest BCUT2D eigenvalue weighted by atomic mass is 19.1. The van der Waals surface area contributed by atoms with Crippen LogP contribution in [0, 0.1) is 17.2 Å². The molecule has 182 valence electrons. The first-order valence-electron chi connectivity index (χ1n) is 12.4. The number of rotatable bonds is 6. The van der Waals surface area contributed by atoms with Crippen molar-refractivity contribution in [2.24, 2.45) is 17.1 Å². The van der Waals surface area contributed by atoms with Crippen LogP contribution in [0.15, 0.2) is 12.1 Å². The molecule has 1 aromatic carbocycles. The molecule has 3 aliphatic rings. The zero-order valence-electron chi connectivity index (χ0n) is 19.9. The lowest BCUT2D eigenvalue weighted by atomic mass is 9.75. The Morgan fingerprint density at radius 2 is 1.97 bits per heavy atom. The monoisotopic (exact) mass is 468 g/mol. The van der Waals surface area contributed by atoms with E-state index in [1.54, 1.807) is 4.68 Å². The van der Waals surface area contributed by atoms with E-state index in [0.29, 0.717) is 37.2 Å². The average molecular weight is 469 g/mol. The molecule has 2 saturated carbocycles. The number of ketones is 1. The van der Waals surface area contributed by atoms with Gasteiger partial charge in [-0.25, -0.2) is 9.07 Å². The van der Waals surface area contributed by atoms with Crippen molar-refractivity contribution in [3.8, 4) is 5.69 Å². The second-order valence-corrected chi connectivity index (χ2v) is 11.1. The zero-order valence-corrected chi connectivity index (χ0v) is 19.9. The van der Waals surface area contributed by atoms with E-state index < -0.39 is 17.8 Å². The third-order valence-electron chi connectivity index (χ3n) is 7.47. The van der Waals surface area contributed by atoms with Gasteiger partial charge in [-0.15, -0.1) is 0 Å². The Labute approximate surface area is 198 Å². The molecular formula is C26H33FN4O3. The van der Waals surface area contributed by atoms with Crippen molar-refractivity contribution < 1.29 is 19.1 Å². The molecule has 34 heavy (non-hydrogen) atoms. The Bertz CT molecular complexity index is 1150. The number of hydrogen-bond donors (Lipinski definition) is 3. The summed E-state index contributed by atoms with van der Waals surface area (Å²) in [6.45, 7) is 4.07. The number of hydrogen-bond acceptors (Lipinski definition) is 5. The van der Waals surface area contributed by atoms with Crippen LogP contribution in [0.25, 0.3) is 5.69 Å². The fourth-order valence-corrected chi connectivity index (χ4v) is 5.51. The molecule has 1 aromatic heterocycles. The molecule has 5 rings (SSSR count). The summed E-state index contributed by atoms with van der Waals surface area (Å²) in [5.41, 5.74) is 7.64. The number of Topliss-reactive ketones (excluding diaryl/α,β-unsaturated/α-hetero) is 1. The molecule has 1 heterocycles. The number of fused-ring (bicyclic) bond motifs is 1. The second kappa shape index (κ2) is 8.48. The number of aliphatic hydroxyl groups excluding tert-OH is 1. The minimum absolute atomic E-state index is 0.00895. The fraction of sp³-hybridized carbons (Fsp3) is 0.577. The van der Waals surface area contributed by atoms with Gasteiger partial charge >= 0.3 is 0 Å². The summed E-state index contributed by atoms with van der Waals surface area (Å²) in [6.07, 6.45) is 6.52. The van der Waals surface area contributed by atoms with Crippen LogP contribution in [0.3, 0.4) is 0 Å². The van der Waals surface area contributed by atoms with E-state index in [4.69, 9.17) is 10.8 Å². The summed E-state index contributed by atoms with van der Waals surface area (Å²) >= 11 is 0. The summed E-state index contributed by atoms with van der Waals surface area (Å²) in [6, 6.07) is 2.65. The van der Waals surface area contributed by atoms with E-state index in [1.807, 2.05) is 13.8 Å². The number of nitrogens with zero attached hydrogens (tertiary/aromatic N) is 2. The van der Waals surface area contributed by atoms with Gasteiger partial charge in [-0.05, 0) is 62.0 Å². The maximum atomic E-state index is 16.1. The maximum absolute atomic E-state index is 16.1. The molecule has 0 spiro atoms. The van der Waals surface area contributed by atoms with E-state index >= 15 is 4.39 Å². The fourth-order valence-electron chi connectivity index (χ4n) is 5.51. The van der Waals surface area contributed by atoms with Gasteiger partial charge in [-0.2, -0.15) is 5.10 Å². The molecule has 7 nitrogen and oxygen atoms in total. The van der Waals surface area contributed by atoms with Gasteiger partial charge in [0.2, 0.25) is 0 Å². The van der Waals surface area contributed by atoms with Crippen LogP contribution in [-0.2, 0) is 12.8 Å². The van der Waals surface area contributed by atoms with Crippen LogP contribution in [0.5, 0.6) is 0 Å². The summed E-state index contributed by atoms with van der Waals surface area (Å²) in [5, 5.41) is 18.3. The number of primary amides is 1. The number of benzene rings is 1. The quantitative estimate of drug-likeness (QED) is 0.595. The van der Waals surface area contributed by atoms with Gasteiger partial charge in [-0.3, -0.25) is 9.59 Å². The largest absolute Gasteiger partial charge is 0.391 e. The molecule has 0 aliphatic heterocycles. The predicted molar refractivity (Wildman–Crippen MR) is 127 cm³/mol. The van der Waals surface area contributed by atoms with E-state index in [9.17, 15) is 14.7 Å². The van der Waals surface area contributed by atoms with Crippen molar-refractivity contribution in [2.45, 2.75) is 83.8 Å². The number of nitrogens with two attached hydrogens (primary N) is 1. The topological polar surface area (TPSA) is 110 Å². The van der Waals surface area contributed by atoms with E-state index in [1.165, 1.54) is 12.1 Å². The van der Waals surface area contributed by atoms with Crippen molar-refractivity contribution >= 4 is 17.4 Å². The summed E-state index contributed by atoms with van der Waals surface area (Å²) in [7, 11) is 0. The first-order valence-corrected chi connectivity index (χ1v) is 12.4. The summed E-state index contributed by atoms with van der Waals surface area (Å²) in [5.74, 6) is -0.798. The molecule has 2 fully saturated rings. The van der Waals surface area contributed by atoms with Gasteiger partial charge in [-0.1, -0.05) is 26.7 Å². The maximum Gasteiger partial charge on any atom is 0.250 e. The Morgan fingerprint density at radius 3 is 2.65 bits per heavy atom. The molecule has 2 aromatic rings. The van der Waals surface area contributed by atoms with Gasteiger partial charge in [0.25, 0.3) is 5.91 Å². The number of nitrogens with one attached hydrogen (secondary N) is 1. The van der Waals surface area contributed by atoms with Crippen LogP contribution < -0.4 is 11.1 Å². The lowest BCUT2D eigenvalue weighted by molar-refractivity contribution is 0.0909. The smallest absolute Gasteiger partial charge is 0.250 e. The van der Waals surface area contributed by atoms with Crippen molar-refractivity contribution in [3.63, 3.8) is 0 Å². The molecule has 0 saturated heterocycles. The molecule has 3 aliphatic carbocycles. The molecule has 4 N–H and O–H groups in total. The number of amides is 1. The molecule has 8 heteroatoms. The average Bonchev–Trinajstić information content (AvgIpc) is 3.50. The number of aromatic nitrogens is 2. The van der Waals surface area contributed by atoms with E-state index in [2.05, 4.69) is 5.32 Å². The lowest BCUT2D eigenvalue weighted by Crippen LogP contribution is -2.37. The van der Waals surface area contributed by atoms with Crippen LogP contribution in [0.1, 0.15) is 90.9 Å². The van der Waals surface area contributed by atoms with Crippen LogP contribution in [-0.4, -0.2) is 38.7 Å². The van der Waals surface area contributed by atoms with Crippen molar-refractivity contribution in [2.75, 3.05) is 5.32 Å². The second-order valence-electron chi connectivity index (χ2n) is 11.1. The number of carbonyl (C=O) groups excluding carboxylic acids is 2. The Balaban J connectivity index is 1.62. The van der Waals surface area contributed by atoms with Gasteiger partial charge < -0.3 is 16.2 Å².